The van der Waals surface area contributed by atoms with E-state index in [1.165, 1.54) is 0 Å². The van der Waals surface area contributed by atoms with E-state index in [-0.39, 0.29) is 5.75 Å². The van der Waals surface area contributed by atoms with Gasteiger partial charge in [0, 0.05) is 22.4 Å². The highest BCUT2D eigenvalue weighted by molar-refractivity contribution is 9.10. The van der Waals surface area contributed by atoms with Gasteiger partial charge in [-0.1, -0.05) is 15.9 Å². The van der Waals surface area contributed by atoms with Crippen LogP contribution in [-0.2, 0) is 0 Å². The van der Waals surface area contributed by atoms with Crippen molar-refractivity contribution in [3.8, 4) is 5.75 Å². The molecule has 2 rings (SSSR count). The van der Waals surface area contributed by atoms with Crippen LogP contribution in [0.1, 0.15) is 12.5 Å². The fourth-order valence-corrected chi connectivity index (χ4v) is 1.72. The van der Waals surface area contributed by atoms with E-state index in [2.05, 4.69) is 36.4 Å². The molecule has 0 aliphatic carbocycles. The molecule has 2 aromatic rings. The minimum absolute atomic E-state index is 0.181. The molecular formula is C12H11BrN4O. The van der Waals surface area contributed by atoms with E-state index in [0.29, 0.717) is 17.1 Å². The SMILES string of the molecule is C/C(=N\Nc1cnccn1)c1cc(Br)ccc1O. The van der Waals surface area contributed by atoms with Crippen LogP contribution in [0.25, 0.3) is 0 Å². The van der Waals surface area contributed by atoms with Gasteiger partial charge in [0.25, 0.3) is 0 Å². The van der Waals surface area contributed by atoms with Gasteiger partial charge >= 0.3 is 0 Å². The highest BCUT2D eigenvalue weighted by atomic mass is 79.9. The van der Waals surface area contributed by atoms with Crippen molar-refractivity contribution in [3.05, 3.63) is 46.8 Å². The van der Waals surface area contributed by atoms with Gasteiger partial charge in [0.2, 0.25) is 0 Å². The highest BCUT2D eigenvalue weighted by Gasteiger charge is 2.05. The lowest BCUT2D eigenvalue weighted by atomic mass is 10.1. The molecule has 0 bridgehead atoms. The molecule has 0 aliphatic rings. The average Bonchev–Trinajstić information content (AvgIpc) is 2.40. The normalized spacial score (nSPS) is 11.3. The molecule has 18 heavy (non-hydrogen) atoms. The van der Waals surface area contributed by atoms with Gasteiger partial charge in [0.05, 0.1) is 11.9 Å². The number of hydrazone groups is 1. The number of nitrogens with one attached hydrogen (secondary N) is 1. The molecule has 0 unspecified atom stereocenters. The molecule has 0 fully saturated rings. The number of halogens is 1. The third kappa shape index (κ3) is 3.04. The molecule has 0 saturated carbocycles. The Balaban J connectivity index is 2.20. The van der Waals surface area contributed by atoms with Crippen LogP contribution in [0.4, 0.5) is 5.82 Å². The zero-order chi connectivity index (χ0) is 13.0. The molecule has 0 atom stereocenters. The van der Waals surface area contributed by atoms with Gasteiger partial charge in [-0.2, -0.15) is 5.10 Å². The number of hydrogen-bond acceptors (Lipinski definition) is 5. The summed E-state index contributed by atoms with van der Waals surface area (Å²) in [5.74, 6) is 0.728. The predicted octanol–water partition coefficient (Wildman–Crippen LogP) is 2.78. The smallest absolute Gasteiger partial charge is 0.164 e. The van der Waals surface area contributed by atoms with E-state index in [9.17, 15) is 5.11 Å². The van der Waals surface area contributed by atoms with Gasteiger partial charge in [-0.25, -0.2) is 4.98 Å². The molecule has 2 N–H and O–H groups in total. The number of rotatable bonds is 3. The van der Waals surface area contributed by atoms with Crippen molar-refractivity contribution in [2.75, 3.05) is 5.43 Å². The van der Waals surface area contributed by atoms with Crippen LogP contribution in [0.3, 0.4) is 0 Å². The summed E-state index contributed by atoms with van der Waals surface area (Å²) >= 11 is 3.35. The van der Waals surface area contributed by atoms with E-state index in [0.717, 1.165) is 4.47 Å². The van der Waals surface area contributed by atoms with E-state index in [1.54, 1.807) is 43.7 Å². The monoisotopic (exact) mass is 306 g/mol. The minimum Gasteiger partial charge on any atom is -0.507 e. The van der Waals surface area contributed by atoms with Crippen molar-refractivity contribution in [2.24, 2.45) is 5.10 Å². The van der Waals surface area contributed by atoms with Crippen molar-refractivity contribution in [2.45, 2.75) is 6.92 Å². The fraction of sp³-hybridized carbons (Fsp3) is 0.0833. The summed E-state index contributed by atoms with van der Waals surface area (Å²) in [6.45, 7) is 1.80. The Kier molecular flexibility index (Phi) is 3.88. The van der Waals surface area contributed by atoms with E-state index < -0.39 is 0 Å². The van der Waals surface area contributed by atoms with Crippen molar-refractivity contribution in [1.82, 2.24) is 9.97 Å². The Labute approximate surface area is 113 Å². The Morgan fingerprint density at radius 1 is 1.39 bits per heavy atom. The number of phenols is 1. The van der Waals surface area contributed by atoms with Crippen LogP contribution < -0.4 is 5.43 Å². The number of phenolic OH excluding ortho intramolecular Hbond substituents is 1. The molecule has 0 aliphatic heterocycles. The van der Waals surface area contributed by atoms with Gasteiger partial charge in [0.15, 0.2) is 5.82 Å². The van der Waals surface area contributed by atoms with E-state index >= 15 is 0 Å². The third-order valence-electron chi connectivity index (χ3n) is 2.25. The summed E-state index contributed by atoms with van der Waals surface area (Å²) in [5.41, 5.74) is 4.08. The second kappa shape index (κ2) is 5.59. The molecule has 6 heteroatoms. The lowest BCUT2D eigenvalue weighted by Crippen LogP contribution is -2.01. The maximum atomic E-state index is 9.75. The number of anilines is 1. The summed E-state index contributed by atoms with van der Waals surface area (Å²) in [4.78, 5) is 7.95. The summed E-state index contributed by atoms with van der Waals surface area (Å²) in [7, 11) is 0. The first kappa shape index (κ1) is 12.5. The Bertz CT molecular complexity index is 572. The van der Waals surface area contributed by atoms with Crippen LogP contribution in [0.5, 0.6) is 5.75 Å². The highest BCUT2D eigenvalue weighted by Crippen LogP contribution is 2.22. The van der Waals surface area contributed by atoms with Crippen LogP contribution in [0.2, 0.25) is 0 Å². The first-order valence-corrected chi connectivity index (χ1v) is 6.01. The van der Waals surface area contributed by atoms with Crippen molar-refractivity contribution >= 4 is 27.5 Å². The molecule has 1 aromatic carbocycles. The molecule has 92 valence electrons. The van der Waals surface area contributed by atoms with Gasteiger partial charge in [-0.3, -0.25) is 10.4 Å². The van der Waals surface area contributed by atoms with E-state index in [1.807, 2.05) is 0 Å². The molecule has 1 aromatic heterocycles. The Hall–Kier alpha value is -1.95. The molecule has 1 heterocycles. The number of aromatic nitrogens is 2. The van der Waals surface area contributed by atoms with Gasteiger partial charge in [0.1, 0.15) is 5.75 Å². The van der Waals surface area contributed by atoms with Crippen molar-refractivity contribution in [1.29, 1.82) is 0 Å². The third-order valence-corrected chi connectivity index (χ3v) is 2.74. The number of nitrogens with zero attached hydrogens (tertiary/aromatic N) is 3. The number of benzene rings is 1. The summed E-state index contributed by atoms with van der Waals surface area (Å²) in [5, 5.41) is 13.9. The zero-order valence-corrected chi connectivity index (χ0v) is 11.2. The number of hydrogen-bond donors (Lipinski definition) is 2. The fourth-order valence-electron chi connectivity index (χ4n) is 1.36. The second-order valence-electron chi connectivity index (χ2n) is 3.56. The van der Waals surface area contributed by atoms with Crippen molar-refractivity contribution < 1.29 is 5.11 Å². The van der Waals surface area contributed by atoms with Crippen LogP contribution in [0.15, 0.2) is 46.4 Å². The molecule has 0 saturated heterocycles. The molecule has 0 spiro atoms. The predicted molar refractivity (Wildman–Crippen MR) is 73.7 cm³/mol. The van der Waals surface area contributed by atoms with Crippen LogP contribution >= 0.6 is 15.9 Å². The van der Waals surface area contributed by atoms with Crippen LogP contribution in [-0.4, -0.2) is 20.8 Å². The molecule has 5 nitrogen and oxygen atoms in total. The lowest BCUT2D eigenvalue weighted by molar-refractivity contribution is 0.474. The minimum atomic E-state index is 0.181. The first-order valence-electron chi connectivity index (χ1n) is 5.22. The maximum Gasteiger partial charge on any atom is 0.164 e. The summed E-state index contributed by atoms with van der Waals surface area (Å²) in [6.07, 6.45) is 4.73. The summed E-state index contributed by atoms with van der Waals surface area (Å²) < 4.78 is 0.879. The zero-order valence-electron chi connectivity index (χ0n) is 9.63. The quantitative estimate of drug-likeness (QED) is 0.676. The van der Waals surface area contributed by atoms with Gasteiger partial charge in [-0.15, -0.1) is 0 Å². The van der Waals surface area contributed by atoms with E-state index in [4.69, 9.17) is 0 Å². The van der Waals surface area contributed by atoms with Crippen molar-refractivity contribution in [3.63, 3.8) is 0 Å². The van der Waals surface area contributed by atoms with Gasteiger partial charge in [-0.05, 0) is 25.1 Å². The van der Waals surface area contributed by atoms with Gasteiger partial charge < -0.3 is 5.11 Å². The Morgan fingerprint density at radius 3 is 2.94 bits per heavy atom. The first-order chi connectivity index (χ1) is 8.66. The molecule has 0 amide bonds. The molecule has 0 radical (unpaired) electrons. The summed E-state index contributed by atoms with van der Waals surface area (Å²) in [6, 6.07) is 5.18. The largest absolute Gasteiger partial charge is 0.507 e. The lowest BCUT2D eigenvalue weighted by Gasteiger charge is -2.05. The molecular weight excluding hydrogens is 296 g/mol. The topological polar surface area (TPSA) is 70.4 Å². The maximum absolute atomic E-state index is 9.75. The second-order valence-corrected chi connectivity index (χ2v) is 4.48. The number of aromatic hydroxyl groups is 1. The standard InChI is InChI=1S/C12H11BrN4O/c1-8(10-6-9(13)2-3-11(10)18)16-17-12-7-14-4-5-15-12/h2-7,18H,1H3,(H,15,17)/b16-8+. The average molecular weight is 307 g/mol. The van der Waals surface area contributed by atoms with Crippen LogP contribution in [0, 0.1) is 0 Å². The Morgan fingerprint density at radius 2 is 2.22 bits per heavy atom.